The van der Waals surface area contributed by atoms with Crippen LogP contribution in [-0.2, 0) is 4.79 Å². The molecule has 0 aromatic heterocycles. The highest BCUT2D eigenvalue weighted by Gasteiger charge is 2.06. The zero-order chi connectivity index (χ0) is 14.4. The maximum absolute atomic E-state index is 11.9. The van der Waals surface area contributed by atoms with Crippen molar-refractivity contribution in [1.29, 1.82) is 0 Å². The molecule has 1 atom stereocenters. The van der Waals surface area contributed by atoms with Crippen LogP contribution in [0, 0.1) is 6.92 Å². The van der Waals surface area contributed by atoms with E-state index in [1.165, 1.54) is 5.56 Å². The van der Waals surface area contributed by atoms with Crippen LogP contribution < -0.4 is 5.32 Å². The van der Waals surface area contributed by atoms with Gasteiger partial charge >= 0.3 is 0 Å². The van der Waals surface area contributed by atoms with Crippen LogP contribution in [-0.4, -0.2) is 5.91 Å². The van der Waals surface area contributed by atoms with E-state index in [1.54, 1.807) is 6.08 Å². The van der Waals surface area contributed by atoms with Gasteiger partial charge in [-0.25, -0.2) is 0 Å². The molecule has 2 aromatic rings. The fraction of sp³-hybridized carbons (Fsp3) is 0.167. The van der Waals surface area contributed by atoms with Gasteiger partial charge in [0.15, 0.2) is 0 Å². The number of nitrogens with one attached hydrogen (secondary N) is 1. The molecule has 0 saturated carbocycles. The normalized spacial score (nSPS) is 12.3. The van der Waals surface area contributed by atoms with Gasteiger partial charge in [0.2, 0.25) is 5.91 Å². The van der Waals surface area contributed by atoms with Gasteiger partial charge in [-0.3, -0.25) is 4.79 Å². The highest BCUT2D eigenvalue weighted by Crippen LogP contribution is 2.13. The van der Waals surface area contributed by atoms with E-state index in [0.717, 1.165) is 11.1 Å². The lowest BCUT2D eigenvalue weighted by atomic mass is 10.1. The highest BCUT2D eigenvalue weighted by atomic mass is 16.1. The van der Waals surface area contributed by atoms with Crippen molar-refractivity contribution in [3.8, 4) is 0 Å². The zero-order valence-electron chi connectivity index (χ0n) is 11.8. The second kappa shape index (κ2) is 6.71. The zero-order valence-corrected chi connectivity index (χ0v) is 11.8. The summed E-state index contributed by atoms with van der Waals surface area (Å²) in [5, 5.41) is 2.96. The SMILES string of the molecule is Cc1ccc([C@@H](C)NC(=O)/C=C/c2ccccc2)cc1. The van der Waals surface area contributed by atoms with E-state index in [4.69, 9.17) is 0 Å². The van der Waals surface area contributed by atoms with E-state index in [1.807, 2.05) is 55.5 Å². The maximum Gasteiger partial charge on any atom is 0.244 e. The monoisotopic (exact) mass is 265 g/mol. The molecule has 0 unspecified atom stereocenters. The molecular formula is C18H19NO. The summed E-state index contributed by atoms with van der Waals surface area (Å²) in [6.07, 6.45) is 3.39. The Balaban J connectivity index is 1.94. The third kappa shape index (κ3) is 4.09. The molecule has 2 nitrogen and oxygen atoms in total. The van der Waals surface area contributed by atoms with Gasteiger partial charge in [-0.15, -0.1) is 0 Å². The quantitative estimate of drug-likeness (QED) is 0.835. The summed E-state index contributed by atoms with van der Waals surface area (Å²) in [6, 6.07) is 18.0. The molecule has 0 bridgehead atoms. The van der Waals surface area contributed by atoms with Gasteiger partial charge in [0.05, 0.1) is 6.04 Å². The van der Waals surface area contributed by atoms with Crippen LogP contribution in [0.3, 0.4) is 0 Å². The molecular weight excluding hydrogens is 246 g/mol. The minimum Gasteiger partial charge on any atom is -0.346 e. The first kappa shape index (κ1) is 14.1. The minimum absolute atomic E-state index is 0.00326. The van der Waals surface area contributed by atoms with Crippen molar-refractivity contribution in [3.63, 3.8) is 0 Å². The number of amides is 1. The number of hydrogen-bond donors (Lipinski definition) is 1. The molecule has 0 radical (unpaired) electrons. The molecule has 20 heavy (non-hydrogen) atoms. The Bertz CT molecular complexity index is 585. The molecule has 2 rings (SSSR count). The van der Waals surface area contributed by atoms with Crippen LogP contribution in [0.2, 0.25) is 0 Å². The average Bonchev–Trinajstić information content (AvgIpc) is 2.47. The first-order chi connectivity index (χ1) is 9.65. The Morgan fingerprint density at radius 1 is 1.05 bits per heavy atom. The number of carbonyl (C=O) groups is 1. The van der Waals surface area contributed by atoms with Gasteiger partial charge in [0.25, 0.3) is 0 Å². The molecule has 0 heterocycles. The number of aryl methyl sites for hydroxylation is 1. The van der Waals surface area contributed by atoms with E-state index in [0.29, 0.717) is 0 Å². The fourth-order valence-electron chi connectivity index (χ4n) is 1.94. The molecule has 0 aliphatic heterocycles. The molecule has 0 aliphatic carbocycles. The first-order valence-corrected chi connectivity index (χ1v) is 6.75. The first-order valence-electron chi connectivity index (χ1n) is 6.75. The molecule has 0 aliphatic rings. The summed E-state index contributed by atoms with van der Waals surface area (Å²) in [7, 11) is 0. The summed E-state index contributed by atoms with van der Waals surface area (Å²) in [5.41, 5.74) is 3.35. The van der Waals surface area contributed by atoms with Crippen molar-refractivity contribution in [2.24, 2.45) is 0 Å². The van der Waals surface area contributed by atoms with Crippen molar-refractivity contribution in [2.75, 3.05) is 0 Å². The Labute approximate surface area is 120 Å². The lowest BCUT2D eigenvalue weighted by Crippen LogP contribution is -2.24. The van der Waals surface area contributed by atoms with E-state index in [9.17, 15) is 4.79 Å². The van der Waals surface area contributed by atoms with Gasteiger partial charge < -0.3 is 5.32 Å². The second-order valence-corrected chi connectivity index (χ2v) is 4.88. The van der Waals surface area contributed by atoms with E-state index < -0.39 is 0 Å². The smallest absolute Gasteiger partial charge is 0.244 e. The predicted molar refractivity (Wildman–Crippen MR) is 83.2 cm³/mol. The van der Waals surface area contributed by atoms with Gasteiger partial charge in [-0.05, 0) is 31.1 Å². The number of benzene rings is 2. The molecule has 2 aromatic carbocycles. The summed E-state index contributed by atoms with van der Waals surface area (Å²) in [4.78, 5) is 11.9. The largest absolute Gasteiger partial charge is 0.346 e. The lowest BCUT2D eigenvalue weighted by molar-refractivity contribution is -0.117. The Kier molecular flexibility index (Phi) is 4.72. The summed E-state index contributed by atoms with van der Waals surface area (Å²) < 4.78 is 0. The summed E-state index contributed by atoms with van der Waals surface area (Å²) in [6.45, 7) is 4.04. The topological polar surface area (TPSA) is 29.1 Å². The lowest BCUT2D eigenvalue weighted by Gasteiger charge is -2.13. The van der Waals surface area contributed by atoms with Gasteiger partial charge in [0, 0.05) is 6.08 Å². The van der Waals surface area contributed by atoms with Crippen LogP contribution in [0.25, 0.3) is 6.08 Å². The van der Waals surface area contributed by atoms with Crippen LogP contribution in [0.4, 0.5) is 0 Å². The molecule has 0 spiro atoms. The standard InChI is InChI=1S/C18H19NO/c1-14-8-11-17(12-9-14)15(2)19-18(20)13-10-16-6-4-3-5-7-16/h3-13,15H,1-2H3,(H,19,20)/b13-10+/t15-/m1/s1. The van der Waals surface area contributed by atoms with E-state index in [2.05, 4.69) is 24.4 Å². The Morgan fingerprint density at radius 2 is 1.70 bits per heavy atom. The Morgan fingerprint density at radius 3 is 2.35 bits per heavy atom. The third-order valence-electron chi connectivity index (χ3n) is 3.16. The average molecular weight is 265 g/mol. The van der Waals surface area contributed by atoms with Crippen LogP contribution in [0.15, 0.2) is 60.7 Å². The van der Waals surface area contributed by atoms with Crippen molar-refractivity contribution >= 4 is 12.0 Å². The molecule has 2 heteroatoms. The number of carbonyl (C=O) groups excluding carboxylic acids is 1. The van der Waals surface area contributed by atoms with E-state index >= 15 is 0 Å². The van der Waals surface area contributed by atoms with Crippen molar-refractivity contribution < 1.29 is 4.79 Å². The van der Waals surface area contributed by atoms with Crippen molar-refractivity contribution in [2.45, 2.75) is 19.9 Å². The van der Waals surface area contributed by atoms with Crippen molar-refractivity contribution in [1.82, 2.24) is 5.32 Å². The molecule has 102 valence electrons. The highest BCUT2D eigenvalue weighted by molar-refractivity contribution is 5.91. The van der Waals surface area contributed by atoms with Crippen LogP contribution in [0.1, 0.15) is 29.7 Å². The fourth-order valence-corrected chi connectivity index (χ4v) is 1.94. The van der Waals surface area contributed by atoms with Gasteiger partial charge in [-0.1, -0.05) is 60.2 Å². The molecule has 0 fully saturated rings. The van der Waals surface area contributed by atoms with Crippen LogP contribution in [0.5, 0.6) is 0 Å². The Hall–Kier alpha value is -2.35. The van der Waals surface area contributed by atoms with Crippen LogP contribution >= 0.6 is 0 Å². The molecule has 0 saturated heterocycles. The second-order valence-electron chi connectivity index (χ2n) is 4.88. The predicted octanol–water partition coefficient (Wildman–Crippen LogP) is 3.89. The van der Waals surface area contributed by atoms with Crippen molar-refractivity contribution in [3.05, 3.63) is 77.4 Å². The third-order valence-corrected chi connectivity index (χ3v) is 3.16. The van der Waals surface area contributed by atoms with E-state index in [-0.39, 0.29) is 11.9 Å². The summed E-state index contributed by atoms with van der Waals surface area (Å²) >= 11 is 0. The number of hydrogen-bond acceptors (Lipinski definition) is 1. The molecule has 1 amide bonds. The molecule has 1 N–H and O–H groups in total. The maximum atomic E-state index is 11.9. The minimum atomic E-state index is -0.0815. The summed E-state index contributed by atoms with van der Waals surface area (Å²) in [5.74, 6) is -0.0815. The van der Waals surface area contributed by atoms with Gasteiger partial charge in [-0.2, -0.15) is 0 Å². The number of rotatable bonds is 4. The van der Waals surface area contributed by atoms with Gasteiger partial charge in [0.1, 0.15) is 0 Å².